The predicted molar refractivity (Wildman–Crippen MR) is 84.7 cm³/mol. The van der Waals surface area contributed by atoms with Gasteiger partial charge in [-0.1, -0.05) is 0 Å². The monoisotopic (exact) mass is 325 g/mol. The highest BCUT2D eigenvalue weighted by Gasteiger charge is 2.25. The van der Waals surface area contributed by atoms with E-state index in [9.17, 15) is 13.2 Å². The van der Waals surface area contributed by atoms with Crippen molar-refractivity contribution in [2.24, 2.45) is 4.40 Å². The van der Waals surface area contributed by atoms with Crippen molar-refractivity contribution in [3.05, 3.63) is 36.0 Å². The molecule has 1 aliphatic heterocycles. The molecule has 1 aliphatic rings. The van der Waals surface area contributed by atoms with Crippen molar-refractivity contribution in [2.75, 3.05) is 18.6 Å². The maximum absolute atomic E-state index is 12.2. The summed E-state index contributed by atoms with van der Waals surface area (Å²) in [6.07, 6.45) is 3.24. The first kappa shape index (κ1) is 15.6. The summed E-state index contributed by atoms with van der Waals surface area (Å²) >= 11 is 1.61. The molecule has 0 bridgehead atoms. The zero-order valence-electron chi connectivity index (χ0n) is 11.8. The molecule has 0 atom stereocenters. The van der Waals surface area contributed by atoms with Crippen molar-refractivity contribution >= 4 is 39.3 Å². The molecule has 0 saturated heterocycles. The molecule has 6 nitrogen and oxygen atoms in total. The van der Waals surface area contributed by atoms with E-state index >= 15 is 0 Å². The third kappa shape index (κ3) is 3.45. The van der Waals surface area contributed by atoms with E-state index in [1.54, 1.807) is 23.9 Å². The fourth-order valence-corrected chi connectivity index (χ4v) is 2.94. The lowest BCUT2D eigenvalue weighted by Gasteiger charge is -2.19. The van der Waals surface area contributed by atoms with Gasteiger partial charge >= 0.3 is 10.2 Å². The van der Waals surface area contributed by atoms with E-state index in [1.165, 1.54) is 20.2 Å². The normalized spacial score (nSPS) is 17.0. The molecule has 0 spiro atoms. The Morgan fingerprint density at radius 1 is 1.29 bits per heavy atom. The van der Waals surface area contributed by atoms with Crippen LogP contribution in [0.2, 0.25) is 0 Å². The van der Waals surface area contributed by atoms with Gasteiger partial charge in [-0.2, -0.15) is 8.42 Å². The second-order valence-corrected chi connectivity index (χ2v) is 6.93. The maximum Gasteiger partial charge on any atom is 0.344 e. The van der Waals surface area contributed by atoms with Crippen molar-refractivity contribution in [3.8, 4) is 0 Å². The molecule has 0 saturated carbocycles. The van der Waals surface area contributed by atoms with E-state index in [2.05, 4.69) is 9.71 Å². The van der Waals surface area contributed by atoms with Gasteiger partial charge in [0.2, 0.25) is 0 Å². The lowest BCUT2D eigenvalue weighted by Crippen LogP contribution is -2.30. The van der Waals surface area contributed by atoms with Gasteiger partial charge in [0, 0.05) is 23.8 Å². The van der Waals surface area contributed by atoms with Gasteiger partial charge in [0.15, 0.2) is 0 Å². The average Bonchev–Trinajstić information content (AvgIpc) is 2.43. The van der Waals surface area contributed by atoms with Gasteiger partial charge in [0.05, 0.1) is 11.3 Å². The number of nitrogens with zero attached hydrogens (tertiary/aromatic N) is 2. The molecule has 0 unspecified atom stereocenters. The largest absolute Gasteiger partial charge is 0.344 e. The molecule has 1 aromatic carbocycles. The standard InChI is InChI=1S/C13H15N3O3S2/c1-9-12(8-16(2)21(18,19)15-9)13(17)14-10-4-6-11(20-3)7-5-10/h4-8H,1-3H3,(H,14,17). The van der Waals surface area contributed by atoms with Gasteiger partial charge in [-0.15, -0.1) is 16.2 Å². The van der Waals surface area contributed by atoms with Crippen LogP contribution in [-0.4, -0.2) is 37.6 Å². The van der Waals surface area contributed by atoms with E-state index in [0.717, 1.165) is 9.20 Å². The van der Waals surface area contributed by atoms with Crippen molar-refractivity contribution < 1.29 is 13.2 Å². The molecule has 8 heteroatoms. The number of carbonyl (C=O) groups is 1. The van der Waals surface area contributed by atoms with Crippen molar-refractivity contribution in [1.29, 1.82) is 0 Å². The summed E-state index contributed by atoms with van der Waals surface area (Å²) in [6, 6.07) is 7.38. The number of amides is 1. The topological polar surface area (TPSA) is 78.8 Å². The quantitative estimate of drug-likeness (QED) is 0.861. The molecular formula is C13H15N3O3S2. The number of anilines is 1. The molecule has 21 heavy (non-hydrogen) atoms. The minimum atomic E-state index is -3.70. The van der Waals surface area contributed by atoms with Gasteiger partial charge < -0.3 is 5.32 Å². The highest BCUT2D eigenvalue weighted by Crippen LogP contribution is 2.19. The Hall–Kier alpha value is -1.80. The first-order valence-electron chi connectivity index (χ1n) is 6.05. The molecule has 1 N–H and O–H groups in total. The number of rotatable bonds is 3. The van der Waals surface area contributed by atoms with Crippen molar-refractivity contribution in [1.82, 2.24) is 4.31 Å². The highest BCUT2D eigenvalue weighted by atomic mass is 32.2. The third-order valence-electron chi connectivity index (χ3n) is 2.91. The van der Waals surface area contributed by atoms with Gasteiger partial charge in [-0.25, -0.2) is 0 Å². The van der Waals surface area contributed by atoms with Crippen LogP contribution >= 0.6 is 11.8 Å². The summed E-state index contributed by atoms with van der Waals surface area (Å²) in [5.74, 6) is -0.394. The molecule has 2 rings (SSSR count). The molecule has 112 valence electrons. The molecule has 0 aliphatic carbocycles. The summed E-state index contributed by atoms with van der Waals surface area (Å²) in [5, 5.41) is 2.72. The molecule has 1 heterocycles. The second-order valence-electron chi connectivity index (χ2n) is 4.40. The van der Waals surface area contributed by atoms with Crippen LogP contribution in [0.3, 0.4) is 0 Å². The lowest BCUT2D eigenvalue weighted by atomic mass is 10.1. The van der Waals surface area contributed by atoms with Crippen LogP contribution in [-0.2, 0) is 15.0 Å². The lowest BCUT2D eigenvalue weighted by molar-refractivity contribution is -0.112. The molecule has 0 radical (unpaired) electrons. The fourth-order valence-electron chi connectivity index (χ4n) is 1.72. The Kier molecular flexibility index (Phi) is 4.38. The van der Waals surface area contributed by atoms with E-state index < -0.39 is 16.1 Å². The average molecular weight is 325 g/mol. The number of nitrogens with one attached hydrogen (secondary N) is 1. The Morgan fingerprint density at radius 2 is 1.90 bits per heavy atom. The third-order valence-corrected chi connectivity index (χ3v) is 4.99. The molecular weight excluding hydrogens is 310 g/mol. The second kappa shape index (κ2) is 5.90. The summed E-state index contributed by atoms with van der Waals surface area (Å²) < 4.78 is 27.6. The minimum absolute atomic E-state index is 0.173. The van der Waals surface area contributed by atoms with Crippen LogP contribution in [0.4, 0.5) is 5.69 Å². The summed E-state index contributed by atoms with van der Waals surface area (Å²) in [6.45, 7) is 1.49. The van der Waals surface area contributed by atoms with Gasteiger partial charge in [0.1, 0.15) is 0 Å². The zero-order chi connectivity index (χ0) is 15.6. The number of carbonyl (C=O) groups excluding carboxylic acids is 1. The van der Waals surface area contributed by atoms with Gasteiger partial charge in [0.25, 0.3) is 5.91 Å². The molecule has 0 fully saturated rings. The van der Waals surface area contributed by atoms with Crippen LogP contribution in [0.1, 0.15) is 6.92 Å². The van der Waals surface area contributed by atoms with Gasteiger partial charge in [-0.05, 0) is 37.4 Å². The summed E-state index contributed by atoms with van der Waals surface area (Å²) in [4.78, 5) is 13.3. The molecule has 0 aromatic heterocycles. The minimum Gasteiger partial charge on any atom is -0.322 e. The summed E-state index contributed by atoms with van der Waals surface area (Å²) in [7, 11) is -2.36. The zero-order valence-corrected chi connectivity index (χ0v) is 13.5. The van der Waals surface area contributed by atoms with E-state index in [0.29, 0.717) is 5.69 Å². The van der Waals surface area contributed by atoms with Gasteiger partial charge in [-0.3, -0.25) is 9.10 Å². The fraction of sp³-hybridized carbons (Fsp3) is 0.231. The summed E-state index contributed by atoms with van der Waals surface area (Å²) in [5.41, 5.74) is 1.04. The number of hydrogen-bond donors (Lipinski definition) is 1. The number of hydrogen-bond acceptors (Lipinski definition) is 4. The first-order valence-corrected chi connectivity index (χ1v) is 8.68. The van der Waals surface area contributed by atoms with E-state index in [1.807, 2.05) is 18.4 Å². The molecule has 1 aromatic rings. The smallest absolute Gasteiger partial charge is 0.322 e. The first-order chi connectivity index (χ1) is 9.83. The number of benzene rings is 1. The predicted octanol–water partition coefficient (Wildman–Crippen LogP) is 1.88. The number of thioether (sulfide) groups is 1. The van der Waals surface area contributed by atoms with Crippen molar-refractivity contribution in [2.45, 2.75) is 11.8 Å². The maximum atomic E-state index is 12.2. The Morgan fingerprint density at radius 3 is 2.48 bits per heavy atom. The van der Waals surface area contributed by atoms with Crippen LogP contribution in [0.15, 0.2) is 45.3 Å². The van der Waals surface area contributed by atoms with Crippen LogP contribution < -0.4 is 5.32 Å². The SMILES string of the molecule is CSc1ccc(NC(=O)C2=CN(C)S(=O)(=O)N=C2C)cc1. The molecule has 1 amide bonds. The van der Waals surface area contributed by atoms with Crippen LogP contribution in [0, 0.1) is 0 Å². The Bertz CT molecular complexity index is 722. The Balaban J connectivity index is 2.19. The highest BCUT2D eigenvalue weighted by molar-refractivity contribution is 7.98. The van der Waals surface area contributed by atoms with Crippen LogP contribution in [0.5, 0.6) is 0 Å². The van der Waals surface area contributed by atoms with E-state index in [4.69, 9.17) is 0 Å². The Labute approximate surface area is 128 Å². The van der Waals surface area contributed by atoms with E-state index in [-0.39, 0.29) is 11.3 Å². The van der Waals surface area contributed by atoms with Crippen LogP contribution in [0.25, 0.3) is 0 Å². The van der Waals surface area contributed by atoms with Crippen molar-refractivity contribution in [3.63, 3.8) is 0 Å².